The molecule has 1 aromatic carbocycles. The average molecular weight is 468 g/mol. The molecule has 0 unspecified atom stereocenters. The minimum Gasteiger partial charge on any atom is -0.293 e. The molecule has 9 heteroatoms. The van der Waals surface area contributed by atoms with Gasteiger partial charge in [-0.1, -0.05) is 17.3 Å². The van der Waals surface area contributed by atoms with Crippen LogP contribution in [-0.4, -0.2) is 34.9 Å². The van der Waals surface area contributed by atoms with E-state index in [1.165, 1.54) is 0 Å². The van der Waals surface area contributed by atoms with E-state index in [2.05, 4.69) is 32.4 Å². The molecule has 6 rings (SSSR count). The highest BCUT2D eigenvalue weighted by Crippen LogP contribution is 2.35. The zero-order valence-electron chi connectivity index (χ0n) is 19.6. The van der Waals surface area contributed by atoms with Gasteiger partial charge in [0.25, 0.3) is 0 Å². The maximum atomic E-state index is 13.3. The fourth-order valence-corrected chi connectivity index (χ4v) is 5.26. The third-order valence-electron chi connectivity index (χ3n) is 7.19. The molecule has 1 aliphatic carbocycles. The lowest BCUT2D eigenvalue weighted by molar-refractivity contribution is 0.323. The molecule has 5 aromatic rings. The second-order valence-corrected chi connectivity index (χ2v) is 9.34. The predicted molar refractivity (Wildman–Crippen MR) is 135 cm³/mol. The van der Waals surface area contributed by atoms with Crippen LogP contribution in [-0.2, 0) is 14.1 Å². The largest absolute Gasteiger partial charge is 0.329 e. The fourth-order valence-electron chi connectivity index (χ4n) is 5.26. The highest BCUT2D eigenvalue weighted by Gasteiger charge is 2.27. The van der Waals surface area contributed by atoms with Crippen molar-refractivity contribution in [3.05, 3.63) is 70.5 Å². The fraction of sp³-hybridized carbons (Fsp3) is 0.308. The van der Waals surface area contributed by atoms with Crippen molar-refractivity contribution in [3.8, 4) is 22.4 Å². The van der Waals surface area contributed by atoms with Crippen molar-refractivity contribution >= 4 is 21.9 Å². The minimum atomic E-state index is -0.149. The topological polar surface area (TPSA) is 100.0 Å². The Hall–Kier alpha value is -4.14. The molecule has 0 N–H and O–H groups in total. The third-order valence-corrected chi connectivity index (χ3v) is 7.19. The van der Waals surface area contributed by atoms with Crippen LogP contribution in [0.15, 0.2) is 65.1 Å². The van der Waals surface area contributed by atoms with Crippen LogP contribution in [0.1, 0.15) is 31.7 Å². The predicted octanol–water partition coefficient (Wildman–Crippen LogP) is 4.60. The second-order valence-electron chi connectivity index (χ2n) is 9.34. The van der Waals surface area contributed by atoms with Crippen LogP contribution in [0.25, 0.3) is 44.3 Å². The molecule has 9 nitrogen and oxygen atoms in total. The van der Waals surface area contributed by atoms with Crippen molar-refractivity contribution in [3.63, 3.8) is 0 Å². The van der Waals surface area contributed by atoms with Gasteiger partial charge in [-0.2, -0.15) is 10.0 Å². The molecule has 0 spiro atoms. The summed E-state index contributed by atoms with van der Waals surface area (Å²) >= 11 is 0. The number of pyridine rings is 2. The third kappa shape index (κ3) is 3.54. The number of nitrogens with zero attached hydrogens (tertiary/aromatic N) is 7. The number of imidazole rings is 1. The van der Waals surface area contributed by atoms with Gasteiger partial charge in [-0.05, 0) is 49.4 Å². The van der Waals surface area contributed by atoms with Gasteiger partial charge in [0.1, 0.15) is 0 Å². The van der Waals surface area contributed by atoms with Gasteiger partial charge in [0.15, 0.2) is 0 Å². The van der Waals surface area contributed by atoms with Crippen LogP contribution in [0.3, 0.4) is 0 Å². The van der Waals surface area contributed by atoms with Crippen LogP contribution in [0.2, 0.25) is 0 Å². The Morgan fingerprint density at radius 1 is 0.914 bits per heavy atom. The monoisotopic (exact) mass is 467 g/mol. The first-order valence-electron chi connectivity index (χ1n) is 11.8. The molecule has 0 aliphatic heterocycles. The molecule has 0 radical (unpaired) electrons. The normalized spacial score (nSPS) is 18.3. The Morgan fingerprint density at radius 3 is 2.40 bits per heavy atom. The zero-order chi connectivity index (χ0) is 24.1. The van der Waals surface area contributed by atoms with Crippen molar-refractivity contribution in [1.82, 2.24) is 28.9 Å². The summed E-state index contributed by atoms with van der Waals surface area (Å²) in [5, 5.41) is 8.38. The van der Waals surface area contributed by atoms with Gasteiger partial charge in [-0.15, -0.1) is 0 Å². The van der Waals surface area contributed by atoms with Crippen molar-refractivity contribution in [2.24, 2.45) is 19.3 Å². The summed E-state index contributed by atoms with van der Waals surface area (Å²) in [6.07, 6.45) is 10.3. The smallest absolute Gasteiger partial charge is 0.293 e. The molecule has 0 saturated heterocycles. The van der Waals surface area contributed by atoms with Crippen LogP contribution in [0, 0.1) is 4.91 Å². The first-order valence-corrected chi connectivity index (χ1v) is 11.8. The number of fused-ring (bicyclic) bond motifs is 3. The van der Waals surface area contributed by atoms with E-state index < -0.39 is 0 Å². The Balaban J connectivity index is 1.47. The molecule has 176 valence electrons. The lowest BCUT2D eigenvalue weighted by atomic mass is 9.91. The summed E-state index contributed by atoms with van der Waals surface area (Å²) in [6, 6.07) is 10.1. The second kappa shape index (κ2) is 8.26. The van der Waals surface area contributed by atoms with Gasteiger partial charge >= 0.3 is 5.69 Å². The Kier molecular flexibility index (Phi) is 5.05. The zero-order valence-corrected chi connectivity index (χ0v) is 19.6. The van der Waals surface area contributed by atoms with E-state index in [9.17, 15) is 9.70 Å². The van der Waals surface area contributed by atoms with Crippen molar-refractivity contribution in [2.45, 2.75) is 37.8 Å². The van der Waals surface area contributed by atoms with Gasteiger partial charge < -0.3 is 0 Å². The molecule has 1 aliphatic rings. The summed E-state index contributed by atoms with van der Waals surface area (Å²) in [5.74, 6) is 0. The molecule has 35 heavy (non-hydrogen) atoms. The van der Waals surface area contributed by atoms with Gasteiger partial charge in [-0.25, -0.2) is 4.79 Å². The lowest BCUT2D eigenvalue weighted by Crippen LogP contribution is -2.29. The summed E-state index contributed by atoms with van der Waals surface area (Å²) in [7, 11) is 3.67. The van der Waals surface area contributed by atoms with Crippen LogP contribution >= 0.6 is 0 Å². The van der Waals surface area contributed by atoms with Crippen molar-refractivity contribution < 1.29 is 0 Å². The summed E-state index contributed by atoms with van der Waals surface area (Å²) in [5.41, 5.74) is 6.31. The molecule has 0 atom stereocenters. The summed E-state index contributed by atoms with van der Waals surface area (Å²) < 4.78 is 5.34. The molecule has 0 amide bonds. The highest BCUT2D eigenvalue weighted by atomic mass is 16.3. The number of nitroso groups, excluding NO2 is 1. The molecule has 4 aromatic heterocycles. The number of benzene rings is 1. The van der Waals surface area contributed by atoms with E-state index in [0.29, 0.717) is 12.8 Å². The number of hydrogen-bond donors (Lipinski definition) is 0. The van der Waals surface area contributed by atoms with E-state index in [4.69, 9.17) is 0 Å². The molecule has 4 heterocycles. The SMILES string of the molecule is Cn1cc(-c2ccc(-c3ccc4ncc5c(c4c3)n([C@H]3CC[C@@H](N=O)CC3)c(=O)n5C)cn2)cn1. The van der Waals surface area contributed by atoms with Crippen molar-refractivity contribution in [2.75, 3.05) is 0 Å². The Labute approximate surface area is 201 Å². The molecule has 0 bridgehead atoms. The van der Waals surface area contributed by atoms with Crippen LogP contribution < -0.4 is 5.69 Å². The number of hydrogen-bond acceptors (Lipinski definition) is 6. The van der Waals surface area contributed by atoms with E-state index in [1.54, 1.807) is 28.7 Å². The number of aromatic nitrogens is 6. The van der Waals surface area contributed by atoms with Gasteiger partial charge in [0.05, 0.1) is 40.7 Å². The Bertz CT molecular complexity index is 1620. The maximum Gasteiger partial charge on any atom is 0.329 e. The summed E-state index contributed by atoms with van der Waals surface area (Å²) in [4.78, 5) is 33.6. The Morgan fingerprint density at radius 2 is 1.71 bits per heavy atom. The quantitative estimate of drug-likeness (QED) is 0.360. The molecule has 1 fully saturated rings. The number of rotatable bonds is 4. The first-order chi connectivity index (χ1) is 17.0. The molecular formula is C26H25N7O2. The highest BCUT2D eigenvalue weighted by molar-refractivity contribution is 6.04. The minimum absolute atomic E-state index is 0.0406. The molecule has 1 saturated carbocycles. The van der Waals surface area contributed by atoms with E-state index in [0.717, 1.165) is 57.2 Å². The number of aryl methyl sites for hydroxylation is 2. The standard InChI is InChI=1S/C26H25N7O2/c1-31-15-18(13-29-31)22-9-4-17(12-27-22)16-3-10-23-21(11-16)25-24(14-28-23)32(2)26(34)33(25)20-7-5-19(30-35)6-8-20/h3-4,9-15,19-20H,5-8H2,1-2H3/t19-,20+. The van der Waals surface area contributed by atoms with E-state index in [1.807, 2.05) is 42.2 Å². The maximum absolute atomic E-state index is 13.3. The van der Waals surface area contributed by atoms with Gasteiger partial charge in [0, 0.05) is 49.0 Å². The molecular weight excluding hydrogens is 442 g/mol. The van der Waals surface area contributed by atoms with Gasteiger partial charge in [0.2, 0.25) is 0 Å². The van der Waals surface area contributed by atoms with Crippen LogP contribution in [0.4, 0.5) is 0 Å². The van der Waals surface area contributed by atoms with Gasteiger partial charge in [-0.3, -0.25) is 23.8 Å². The van der Waals surface area contributed by atoms with Crippen molar-refractivity contribution in [1.29, 1.82) is 0 Å². The lowest BCUT2D eigenvalue weighted by Gasteiger charge is -2.26. The first kappa shape index (κ1) is 21.4. The van der Waals surface area contributed by atoms with E-state index >= 15 is 0 Å². The van der Waals surface area contributed by atoms with E-state index in [-0.39, 0.29) is 17.8 Å². The summed E-state index contributed by atoms with van der Waals surface area (Å²) in [6.45, 7) is 0. The van der Waals surface area contributed by atoms with Crippen LogP contribution in [0.5, 0.6) is 0 Å². The average Bonchev–Trinajstić information content (AvgIpc) is 3.45.